The maximum Gasteiger partial charge on any atom is 0.404 e. The van der Waals surface area contributed by atoms with Crippen LogP contribution in [-0.2, 0) is 19.6 Å². The number of nitrogens with one attached hydrogen (secondary N) is 1. The summed E-state index contributed by atoms with van der Waals surface area (Å²) in [7, 11) is 0. The zero-order valence-electron chi connectivity index (χ0n) is 14.1. The first-order chi connectivity index (χ1) is 12.9. The molecule has 0 aliphatic heterocycles. The van der Waals surface area contributed by atoms with Gasteiger partial charge in [0.1, 0.15) is 16.8 Å². The number of furan rings is 1. The third kappa shape index (κ3) is 4.27. The molecule has 3 rings (SSSR count). The number of aryl methyl sites for hydroxylation is 1. The summed E-state index contributed by atoms with van der Waals surface area (Å²) in [6, 6.07) is 3.17. The second-order valence-corrected chi connectivity index (χ2v) is 7.17. The number of nitrogens with zero attached hydrogens (tertiary/aromatic N) is 5. The number of amides is 1. The van der Waals surface area contributed by atoms with Crippen LogP contribution in [0.2, 0.25) is 0 Å². The van der Waals surface area contributed by atoms with Gasteiger partial charge in [-0.2, -0.15) is 9.78 Å². The topological polar surface area (TPSA) is 121 Å². The molecular weight excluding hydrogens is 488 g/mol. The van der Waals surface area contributed by atoms with Crippen LogP contribution in [0.15, 0.2) is 37.9 Å². The lowest BCUT2D eigenvalue weighted by molar-refractivity contribution is -0.390. The minimum atomic E-state index is -0.583. The molecule has 10 nitrogen and oxygen atoms in total. The van der Waals surface area contributed by atoms with E-state index in [2.05, 4.69) is 47.4 Å². The lowest BCUT2D eigenvalue weighted by atomic mass is 10.3. The van der Waals surface area contributed by atoms with Crippen molar-refractivity contribution in [1.29, 1.82) is 0 Å². The second-order valence-electron chi connectivity index (χ2n) is 5.46. The fourth-order valence-corrected chi connectivity index (χ4v) is 3.32. The zero-order chi connectivity index (χ0) is 19.6. The Labute approximate surface area is 169 Å². The van der Waals surface area contributed by atoms with Crippen molar-refractivity contribution in [3.8, 4) is 0 Å². The van der Waals surface area contributed by atoms with Crippen molar-refractivity contribution in [1.82, 2.24) is 24.9 Å². The number of hydrogen-bond acceptors (Lipinski definition) is 6. The Morgan fingerprint density at radius 3 is 2.81 bits per heavy atom. The smallest absolute Gasteiger partial charge is 0.404 e. The van der Waals surface area contributed by atoms with E-state index in [0.717, 1.165) is 10.2 Å². The normalized spacial score (nSPS) is 10.9. The van der Waals surface area contributed by atoms with Gasteiger partial charge < -0.3 is 19.8 Å². The van der Waals surface area contributed by atoms with Gasteiger partial charge in [0.25, 0.3) is 5.91 Å². The summed E-state index contributed by atoms with van der Waals surface area (Å²) in [5.74, 6) is -0.0588. The second kappa shape index (κ2) is 8.05. The minimum absolute atomic E-state index is 0.143. The van der Waals surface area contributed by atoms with Crippen LogP contribution in [0.3, 0.4) is 0 Å². The van der Waals surface area contributed by atoms with Crippen molar-refractivity contribution in [3.63, 3.8) is 0 Å². The van der Waals surface area contributed by atoms with Gasteiger partial charge in [-0.1, -0.05) is 0 Å². The molecule has 0 fully saturated rings. The Morgan fingerprint density at radius 2 is 2.15 bits per heavy atom. The van der Waals surface area contributed by atoms with Crippen molar-refractivity contribution in [3.05, 3.63) is 60.8 Å². The summed E-state index contributed by atoms with van der Waals surface area (Å²) in [6.45, 7) is 3.10. The van der Waals surface area contributed by atoms with E-state index in [1.54, 1.807) is 23.0 Å². The molecule has 12 heteroatoms. The fraction of sp³-hybridized carbons (Fsp3) is 0.267. The van der Waals surface area contributed by atoms with E-state index in [-0.39, 0.29) is 28.5 Å². The van der Waals surface area contributed by atoms with Gasteiger partial charge in [-0.25, -0.2) is 0 Å². The molecule has 0 saturated heterocycles. The molecule has 0 aliphatic rings. The lowest BCUT2D eigenvalue weighted by Crippen LogP contribution is -2.24. The molecule has 0 aromatic carbocycles. The highest BCUT2D eigenvalue weighted by atomic mass is 79.9. The number of rotatable bonds is 7. The molecule has 1 N–H and O–H groups in total. The number of carbonyl (C=O) groups is 1. The maximum atomic E-state index is 12.3. The van der Waals surface area contributed by atoms with Crippen LogP contribution in [0.25, 0.3) is 0 Å². The van der Waals surface area contributed by atoms with Crippen molar-refractivity contribution < 1.29 is 14.1 Å². The van der Waals surface area contributed by atoms with E-state index in [9.17, 15) is 14.9 Å². The number of hydrogen-bond donors (Lipinski definition) is 1. The first kappa shape index (κ1) is 19.3. The molecule has 0 aliphatic carbocycles. The summed E-state index contributed by atoms with van der Waals surface area (Å²) in [5.41, 5.74) is 0.853. The lowest BCUT2D eigenvalue weighted by Gasteiger charge is -2.06. The average Bonchev–Trinajstić information content (AvgIpc) is 3.32. The molecule has 0 saturated carbocycles. The Balaban J connectivity index is 1.64. The van der Waals surface area contributed by atoms with E-state index in [1.165, 1.54) is 10.9 Å². The Hall–Kier alpha value is -2.47. The molecule has 3 aromatic heterocycles. The molecule has 3 heterocycles. The monoisotopic (exact) mass is 500 g/mol. The third-order valence-corrected chi connectivity index (χ3v) is 4.91. The molecule has 0 unspecified atom stereocenters. The highest BCUT2D eigenvalue weighted by molar-refractivity contribution is 9.10. The number of carbonyl (C=O) groups excluding carboxylic acids is 1. The first-order valence-corrected chi connectivity index (χ1v) is 9.42. The molecular formula is C15H14Br2N6O4. The molecule has 27 heavy (non-hydrogen) atoms. The molecule has 0 spiro atoms. The Bertz CT molecular complexity index is 993. The largest absolute Gasteiger partial charge is 0.454 e. The molecule has 0 bridgehead atoms. The number of nitro groups is 1. The van der Waals surface area contributed by atoms with E-state index in [0.29, 0.717) is 18.8 Å². The van der Waals surface area contributed by atoms with E-state index in [4.69, 9.17) is 4.42 Å². The highest BCUT2D eigenvalue weighted by Gasteiger charge is 2.20. The summed E-state index contributed by atoms with van der Waals surface area (Å²) >= 11 is 6.49. The van der Waals surface area contributed by atoms with Crippen LogP contribution in [0.1, 0.15) is 28.9 Å². The summed E-state index contributed by atoms with van der Waals surface area (Å²) in [6.07, 6.45) is 3.15. The molecule has 142 valence electrons. The maximum absolute atomic E-state index is 12.3. The fourth-order valence-electron chi connectivity index (χ4n) is 2.42. The standard InChI is InChI=1S/C15H14Br2N6O4/c1-2-22-12(10(16)5-19-22)6-18-15(24)13-4-3-9(27-13)7-21-8-11(17)14(20-21)23(25)26/h3-5,8H,2,6-7H2,1H3,(H,18,24). The summed E-state index contributed by atoms with van der Waals surface area (Å²) in [5, 5.41) is 21.7. The van der Waals surface area contributed by atoms with Crippen molar-refractivity contribution in [2.75, 3.05) is 0 Å². The van der Waals surface area contributed by atoms with Gasteiger partial charge in [0.2, 0.25) is 0 Å². The molecule has 3 aromatic rings. The quantitative estimate of drug-likeness (QED) is 0.392. The first-order valence-electron chi connectivity index (χ1n) is 7.83. The van der Waals surface area contributed by atoms with Crippen LogP contribution in [0.4, 0.5) is 5.82 Å². The van der Waals surface area contributed by atoms with Gasteiger partial charge in [0, 0.05) is 6.54 Å². The van der Waals surface area contributed by atoms with Crippen LogP contribution in [0.5, 0.6) is 0 Å². The summed E-state index contributed by atoms with van der Waals surface area (Å²) in [4.78, 5) is 22.5. The van der Waals surface area contributed by atoms with Crippen LogP contribution in [-0.4, -0.2) is 30.4 Å². The number of aromatic nitrogens is 4. The Morgan fingerprint density at radius 1 is 1.37 bits per heavy atom. The van der Waals surface area contributed by atoms with Crippen molar-refractivity contribution >= 4 is 43.6 Å². The van der Waals surface area contributed by atoms with Crippen LogP contribution >= 0.6 is 31.9 Å². The van der Waals surface area contributed by atoms with Crippen LogP contribution < -0.4 is 5.32 Å². The van der Waals surface area contributed by atoms with Crippen LogP contribution in [0, 0.1) is 10.1 Å². The van der Waals surface area contributed by atoms with Crippen molar-refractivity contribution in [2.45, 2.75) is 26.6 Å². The molecule has 0 radical (unpaired) electrons. The Kier molecular flexibility index (Phi) is 5.75. The van der Waals surface area contributed by atoms with Gasteiger partial charge >= 0.3 is 5.82 Å². The molecule has 1 amide bonds. The number of halogens is 2. The summed E-state index contributed by atoms with van der Waals surface area (Å²) < 4.78 is 9.75. The SMILES string of the molecule is CCn1ncc(Br)c1CNC(=O)c1ccc(Cn2cc(Br)c([N+](=O)[O-])n2)o1. The van der Waals surface area contributed by atoms with Gasteiger partial charge in [-0.15, -0.1) is 0 Å². The average molecular weight is 502 g/mol. The third-order valence-electron chi connectivity index (χ3n) is 3.69. The molecule has 0 atom stereocenters. The minimum Gasteiger partial charge on any atom is -0.454 e. The van der Waals surface area contributed by atoms with E-state index in [1.807, 2.05) is 6.92 Å². The zero-order valence-corrected chi connectivity index (χ0v) is 17.2. The van der Waals surface area contributed by atoms with Gasteiger partial charge in [-0.05, 0) is 55.8 Å². The predicted molar refractivity (Wildman–Crippen MR) is 101 cm³/mol. The van der Waals surface area contributed by atoms with Crippen molar-refractivity contribution in [2.24, 2.45) is 0 Å². The predicted octanol–water partition coefficient (Wildman–Crippen LogP) is 3.10. The van der Waals surface area contributed by atoms with Gasteiger partial charge in [0.05, 0.1) is 34.2 Å². The highest BCUT2D eigenvalue weighted by Crippen LogP contribution is 2.23. The van der Waals surface area contributed by atoms with E-state index >= 15 is 0 Å². The van der Waals surface area contributed by atoms with Gasteiger partial charge in [-0.3, -0.25) is 9.48 Å². The van der Waals surface area contributed by atoms with E-state index < -0.39 is 4.92 Å². The van der Waals surface area contributed by atoms with Gasteiger partial charge in [0.15, 0.2) is 5.76 Å².